The standard InChI is InChI=1S/C16H18FNS/c1-10-8-11-9-15(2,3)16(18,14(11)19-10)12-4-6-13(17)7-5-12/h4-8H,9,18H2,1-3H3. The fourth-order valence-electron chi connectivity index (χ4n) is 3.19. The van der Waals surface area contributed by atoms with Crippen molar-refractivity contribution in [3.63, 3.8) is 0 Å². The minimum atomic E-state index is -0.519. The van der Waals surface area contributed by atoms with Crippen LogP contribution >= 0.6 is 11.3 Å². The highest BCUT2D eigenvalue weighted by molar-refractivity contribution is 7.12. The fraction of sp³-hybridized carbons (Fsp3) is 0.375. The van der Waals surface area contributed by atoms with Gasteiger partial charge in [-0.05, 0) is 48.1 Å². The minimum Gasteiger partial charge on any atom is -0.317 e. The summed E-state index contributed by atoms with van der Waals surface area (Å²) < 4.78 is 13.2. The Kier molecular flexibility index (Phi) is 2.63. The molecule has 0 radical (unpaired) electrons. The van der Waals surface area contributed by atoms with Gasteiger partial charge in [0.25, 0.3) is 0 Å². The van der Waals surface area contributed by atoms with Crippen molar-refractivity contribution in [3.05, 3.63) is 57.0 Å². The zero-order valence-corrected chi connectivity index (χ0v) is 12.3. The molecule has 2 N–H and O–H groups in total. The van der Waals surface area contributed by atoms with Gasteiger partial charge in [-0.3, -0.25) is 0 Å². The highest BCUT2D eigenvalue weighted by Gasteiger charge is 2.51. The Morgan fingerprint density at radius 2 is 1.84 bits per heavy atom. The van der Waals surface area contributed by atoms with Gasteiger partial charge in [0.2, 0.25) is 0 Å². The van der Waals surface area contributed by atoms with E-state index >= 15 is 0 Å². The molecule has 0 spiro atoms. The molecule has 0 amide bonds. The molecule has 0 saturated heterocycles. The third-order valence-electron chi connectivity index (χ3n) is 4.29. The van der Waals surface area contributed by atoms with E-state index in [1.54, 1.807) is 11.3 Å². The van der Waals surface area contributed by atoms with Gasteiger partial charge in [-0.2, -0.15) is 0 Å². The molecular formula is C16H18FNS. The number of fused-ring (bicyclic) bond motifs is 1. The van der Waals surface area contributed by atoms with Gasteiger partial charge < -0.3 is 5.73 Å². The van der Waals surface area contributed by atoms with E-state index in [-0.39, 0.29) is 11.2 Å². The van der Waals surface area contributed by atoms with Crippen molar-refractivity contribution in [2.24, 2.45) is 11.1 Å². The van der Waals surface area contributed by atoms with E-state index in [0.717, 1.165) is 12.0 Å². The van der Waals surface area contributed by atoms with E-state index in [2.05, 4.69) is 26.8 Å². The van der Waals surface area contributed by atoms with Crippen LogP contribution in [0.5, 0.6) is 0 Å². The second-order valence-corrected chi connectivity index (χ2v) is 7.34. The number of benzene rings is 1. The molecule has 2 aromatic rings. The Morgan fingerprint density at radius 3 is 2.47 bits per heavy atom. The second-order valence-electron chi connectivity index (χ2n) is 6.09. The Labute approximate surface area is 117 Å². The van der Waals surface area contributed by atoms with E-state index in [1.165, 1.54) is 27.5 Å². The number of aryl methyl sites for hydroxylation is 1. The van der Waals surface area contributed by atoms with Crippen LogP contribution in [0.1, 0.15) is 34.7 Å². The van der Waals surface area contributed by atoms with Gasteiger partial charge in [0.05, 0.1) is 5.54 Å². The number of hydrogen-bond acceptors (Lipinski definition) is 2. The van der Waals surface area contributed by atoms with Gasteiger partial charge in [-0.25, -0.2) is 4.39 Å². The van der Waals surface area contributed by atoms with Crippen LogP contribution in [0.2, 0.25) is 0 Å². The molecule has 0 bridgehead atoms. The molecule has 0 aliphatic heterocycles. The predicted molar refractivity (Wildman–Crippen MR) is 77.9 cm³/mol. The first kappa shape index (κ1) is 12.8. The van der Waals surface area contributed by atoms with Crippen molar-refractivity contribution >= 4 is 11.3 Å². The van der Waals surface area contributed by atoms with Crippen LogP contribution in [-0.2, 0) is 12.0 Å². The normalized spacial score (nSPS) is 24.5. The van der Waals surface area contributed by atoms with E-state index in [1.807, 2.05) is 12.1 Å². The molecule has 1 aromatic carbocycles. The molecule has 1 aliphatic carbocycles. The van der Waals surface area contributed by atoms with Crippen molar-refractivity contribution in [2.75, 3.05) is 0 Å². The summed E-state index contributed by atoms with van der Waals surface area (Å²) in [5.41, 5.74) is 8.59. The summed E-state index contributed by atoms with van der Waals surface area (Å²) in [6.07, 6.45) is 0.973. The van der Waals surface area contributed by atoms with E-state index in [0.29, 0.717) is 0 Å². The molecule has 1 nitrogen and oxygen atoms in total. The summed E-state index contributed by atoms with van der Waals surface area (Å²) in [5.74, 6) is -0.217. The Balaban J connectivity index is 2.22. The molecule has 1 unspecified atom stereocenters. The average Bonchev–Trinajstić information content (AvgIpc) is 2.76. The number of thiophene rings is 1. The summed E-state index contributed by atoms with van der Waals surface area (Å²) in [5, 5.41) is 0. The van der Waals surface area contributed by atoms with Crippen LogP contribution in [0.4, 0.5) is 4.39 Å². The molecule has 1 heterocycles. The first-order valence-corrected chi connectivity index (χ1v) is 7.31. The summed E-state index contributed by atoms with van der Waals surface area (Å²) >= 11 is 1.77. The maximum Gasteiger partial charge on any atom is 0.123 e. The lowest BCUT2D eigenvalue weighted by Crippen LogP contribution is -2.47. The van der Waals surface area contributed by atoms with Crippen LogP contribution in [0.3, 0.4) is 0 Å². The van der Waals surface area contributed by atoms with Crippen LogP contribution in [0.25, 0.3) is 0 Å². The Morgan fingerprint density at radius 1 is 1.21 bits per heavy atom. The molecule has 0 saturated carbocycles. The van der Waals surface area contributed by atoms with Crippen LogP contribution in [0.15, 0.2) is 30.3 Å². The molecule has 1 aromatic heterocycles. The third-order valence-corrected chi connectivity index (χ3v) is 5.52. The number of hydrogen-bond donors (Lipinski definition) is 1. The van der Waals surface area contributed by atoms with Crippen molar-refractivity contribution < 1.29 is 4.39 Å². The predicted octanol–water partition coefficient (Wildman–Crippen LogP) is 3.98. The highest BCUT2D eigenvalue weighted by atomic mass is 32.1. The van der Waals surface area contributed by atoms with Crippen molar-refractivity contribution in [1.29, 1.82) is 0 Å². The summed E-state index contributed by atoms with van der Waals surface area (Å²) in [6, 6.07) is 8.87. The Bertz CT molecular complexity index is 627. The van der Waals surface area contributed by atoms with Gasteiger partial charge in [0.1, 0.15) is 5.82 Å². The SMILES string of the molecule is Cc1cc2c(s1)C(N)(c1ccc(F)cc1)C(C)(C)C2. The lowest BCUT2D eigenvalue weighted by Gasteiger charge is -2.39. The smallest absolute Gasteiger partial charge is 0.123 e. The largest absolute Gasteiger partial charge is 0.317 e. The Hall–Kier alpha value is -1.19. The number of halogens is 1. The fourth-order valence-corrected chi connectivity index (χ4v) is 4.53. The maximum atomic E-state index is 13.2. The molecule has 0 fully saturated rings. The lowest BCUT2D eigenvalue weighted by molar-refractivity contribution is 0.236. The second kappa shape index (κ2) is 3.90. The molecule has 19 heavy (non-hydrogen) atoms. The zero-order valence-electron chi connectivity index (χ0n) is 11.5. The van der Waals surface area contributed by atoms with Gasteiger partial charge >= 0.3 is 0 Å². The van der Waals surface area contributed by atoms with Crippen LogP contribution in [0, 0.1) is 18.2 Å². The van der Waals surface area contributed by atoms with Crippen molar-refractivity contribution in [3.8, 4) is 0 Å². The number of rotatable bonds is 1. The first-order valence-electron chi connectivity index (χ1n) is 6.49. The minimum absolute atomic E-state index is 0.0559. The van der Waals surface area contributed by atoms with E-state index in [9.17, 15) is 4.39 Å². The van der Waals surface area contributed by atoms with Gasteiger partial charge in [-0.1, -0.05) is 26.0 Å². The topological polar surface area (TPSA) is 26.0 Å². The van der Waals surface area contributed by atoms with Gasteiger partial charge in [0, 0.05) is 9.75 Å². The average molecular weight is 275 g/mol. The highest BCUT2D eigenvalue weighted by Crippen LogP contribution is 2.54. The van der Waals surface area contributed by atoms with Gasteiger partial charge in [0.15, 0.2) is 0 Å². The monoisotopic (exact) mass is 275 g/mol. The molecule has 3 heteroatoms. The summed E-state index contributed by atoms with van der Waals surface area (Å²) in [6.45, 7) is 6.50. The van der Waals surface area contributed by atoms with Crippen molar-refractivity contribution in [1.82, 2.24) is 0 Å². The van der Waals surface area contributed by atoms with E-state index < -0.39 is 5.54 Å². The molecule has 3 rings (SSSR count). The van der Waals surface area contributed by atoms with E-state index in [4.69, 9.17) is 5.73 Å². The van der Waals surface area contributed by atoms with Gasteiger partial charge in [-0.15, -0.1) is 11.3 Å². The quantitative estimate of drug-likeness (QED) is 0.837. The van der Waals surface area contributed by atoms with Crippen molar-refractivity contribution in [2.45, 2.75) is 32.7 Å². The molecule has 1 aliphatic rings. The molecular weight excluding hydrogens is 257 g/mol. The molecule has 1 atom stereocenters. The van der Waals surface area contributed by atoms with Crippen LogP contribution < -0.4 is 5.73 Å². The molecule has 100 valence electrons. The number of nitrogens with two attached hydrogens (primary N) is 1. The summed E-state index contributed by atoms with van der Waals surface area (Å²) in [4.78, 5) is 2.53. The van der Waals surface area contributed by atoms with Crippen LogP contribution in [-0.4, -0.2) is 0 Å². The zero-order chi connectivity index (χ0) is 13.8. The summed E-state index contributed by atoms with van der Waals surface area (Å²) in [7, 11) is 0. The third kappa shape index (κ3) is 1.68. The lowest BCUT2D eigenvalue weighted by atomic mass is 9.71. The maximum absolute atomic E-state index is 13.2. The first-order chi connectivity index (χ1) is 8.84.